The van der Waals surface area contributed by atoms with Crippen LogP contribution in [-0.4, -0.2) is 41.5 Å². The first-order valence-electron chi connectivity index (χ1n) is 5.11. The van der Waals surface area contributed by atoms with Gasteiger partial charge in [-0.2, -0.15) is 0 Å². The molecule has 2 rings (SSSR count). The minimum absolute atomic E-state index is 0.190. The van der Waals surface area contributed by atoms with E-state index in [-0.39, 0.29) is 11.8 Å². The third-order valence-electron chi connectivity index (χ3n) is 2.69. The zero-order valence-corrected chi connectivity index (χ0v) is 9.87. The fourth-order valence-electron chi connectivity index (χ4n) is 1.64. The molecular weight excluding hydrogens is 230 g/mol. The predicted molar refractivity (Wildman–Crippen MR) is 58.0 cm³/mol. The van der Waals surface area contributed by atoms with Crippen LogP contribution in [0.15, 0.2) is 6.33 Å². The molecule has 0 saturated carbocycles. The molecule has 0 bridgehead atoms. The Morgan fingerprint density at radius 3 is 3.06 bits per heavy atom. The van der Waals surface area contributed by atoms with Crippen LogP contribution >= 0.6 is 0 Å². The monoisotopic (exact) mass is 245 g/mol. The van der Waals surface area contributed by atoms with E-state index in [1.165, 1.54) is 0 Å². The number of hydrogen-bond donors (Lipinski definition) is 2. The van der Waals surface area contributed by atoms with E-state index in [1.807, 2.05) is 0 Å². The molecule has 0 radical (unpaired) electrons. The van der Waals surface area contributed by atoms with Crippen LogP contribution in [0.5, 0.6) is 0 Å². The van der Waals surface area contributed by atoms with Crippen LogP contribution in [0.4, 0.5) is 0 Å². The normalized spacial score (nSPS) is 21.4. The van der Waals surface area contributed by atoms with Gasteiger partial charge in [-0.15, -0.1) is 10.2 Å². The predicted octanol–water partition coefficient (Wildman–Crippen LogP) is -1.40. The summed E-state index contributed by atoms with van der Waals surface area (Å²) in [6, 6.07) is 0. The van der Waals surface area contributed by atoms with Gasteiger partial charge in [0.25, 0.3) is 0 Å². The second-order valence-corrected chi connectivity index (χ2v) is 5.88. The molecule has 1 saturated heterocycles. The van der Waals surface area contributed by atoms with Crippen LogP contribution in [0.25, 0.3) is 0 Å². The highest BCUT2D eigenvalue weighted by Crippen LogP contribution is 2.08. The summed E-state index contributed by atoms with van der Waals surface area (Å²) in [7, 11) is -1.47. The average molecular weight is 245 g/mol. The highest BCUT2D eigenvalue weighted by atomic mass is 32.2. The summed E-state index contributed by atoms with van der Waals surface area (Å²) in [6.07, 6.45) is 2.20. The van der Waals surface area contributed by atoms with Crippen molar-refractivity contribution < 1.29 is 8.42 Å². The zero-order chi connectivity index (χ0) is 11.6. The lowest BCUT2D eigenvalue weighted by Gasteiger charge is -2.11. The number of sulfonamides is 1. The first-order chi connectivity index (χ1) is 7.59. The summed E-state index contributed by atoms with van der Waals surface area (Å²) < 4.78 is 27.9. The van der Waals surface area contributed by atoms with E-state index in [2.05, 4.69) is 20.2 Å². The van der Waals surface area contributed by atoms with Crippen molar-refractivity contribution in [3.05, 3.63) is 12.2 Å². The molecule has 7 nitrogen and oxygen atoms in total. The van der Waals surface area contributed by atoms with Crippen LogP contribution in [0.1, 0.15) is 12.2 Å². The molecule has 1 atom stereocenters. The van der Waals surface area contributed by atoms with Gasteiger partial charge in [0.15, 0.2) is 0 Å². The molecule has 16 heavy (non-hydrogen) atoms. The fourth-order valence-corrected chi connectivity index (χ4v) is 2.97. The van der Waals surface area contributed by atoms with Gasteiger partial charge in [-0.1, -0.05) is 0 Å². The SMILES string of the molecule is Cn1cnnc1CNS(=O)(=O)C1CCNC1. The Morgan fingerprint density at radius 2 is 2.50 bits per heavy atom. The lowest BCUT2D eigenvalue weighted by molar-refractivity contribution is 0.564. The van der Waals surface area contributed by atoms with Crippen molar-refractivity contribution >= 4 is 10.0 Å². The van der Waals surface area contributed by atoms with Crippen LogP contribution in [0, 0.1) is 0 Å². The molecule has 8 heteroatoms. The highest BCUT2D eigenvalue weighted by molar-refractivity contribution is 7.90. The lowest BCUT2D eigenvalue weighted by atomic mass is 10.4. The molecule has 2 N–H and O–H groups in total. The van der Waals surface area contributed by atoms with Crippen molar-refractivity contribution in [2.75, 3.05) is 13.1 Å². The van der Waals surface area contributed by atoms with Gasteiger partial charge in [0, 0.05) is 13.6 Å². The van der Waals surface area contributed by atoms with Gasteiger partial charge >= 0.3 is 0 Å². The van der Waals surface area contributed by atoms with E-state index in [1.54, 1.807) is 17.9 Å². The molecule has 0 amide bonds. The molecule has 2 heterocycles. The first-order valence-corrected chi connectivity index (χ1v) is 6.66. The maximum absolute atomic E-state index is 11.8. The molecule has 0 aliphatic carbocycles. The fraction of sp³-hybridized carbons (Fsp3) is 0.750. The van der Waals surface area contributed by atoms with Gasteiger partial charge < -0.3 is 9.88 Å². The second-order valence-electron chi connectivity index (χ2n) is 3.84. The second kappa shape index (κ2) is 4.48. The number of aromatic nitrogens is 3. The topological polar surface area (TPSA) is 88.9 Å². The van der Waals surface area contributed by atoms with E-state index < -0.39 is 10.0 Å². The molecule has 0 spiro atoms. The van der Waals surface area contributed by atoms with E-state index in [9.17, 15) is 8.42 Å². The van der Waals surface area contributed by atoms with Crippen molar-refractivity contribution in [3.63, 3.8) is 0 Å². The molecular formula is C8H15N5O2S. The maximum atomic E-state index is 11.8. The Bertz CT molecular complexity index is 449. The van der Waals surface area contributed by atoms with Crippen molar-refractivity contribution in [1.82, 2.24) is 24.8 Å². The van der Waals surface area contributed by atoms with Crippen LogP contribution in [0.2, 0.25) is 0 Å². The summed E-state index contributed by atoms with van der Waals surface area (Å²) in [5, 5.41) is 10.2. The highest BCUT2D eigenvalue weighted by Gasteiger charge is 2.28. The summed E-state index contributed by atoms with van der Waals surface area (Å²) in [4.78, 5) is 0. The Hall–Kier alpha value is -0.990. The number of nitrogens with one attached hydrogen (secondary N) is 2. The summed E-state index contributed by atoms with van der Waals surface area (Å²) in [5.74, 6) is 0.606. The minimum atomic E-state index is -3.25. The van der Waals surface area contributed by atoms with Gasteiger partial charge in [-0.25, -0.2) is 13.1 Å². The van der Waals surface area contributed by atoms with Crippen molar-refractivity contribution in [2.45, 2.75) is 18.2 Å². The number of nitrogens with zero attached hydrogens (tertiary/aromatic N) is 3. The van der Waals surface area contributed by atoms with E-state index in [0.29, 0.717) is 18.8 Å². The Kier molecular flexibility index (Phi) is 3.22. The van der Waals surface area contributed by atoms with Gasteiger partial charge in [0.1, 0.15) is 12.2 Å². The van der Waals surface area contributed by atoms with Crippen molar-refractivity contribution in [3.8, 4) is 0 Å². The van der Waals surface area contributed by atoms with E-state index in [4.69, 9.17) is 0 Å². The molecule has 1 unspecified atom stereocenters. The smallest absolute Gasteiger partial charge is 0.216 e. The summed E-state index contributed by atoms with van der Waals surface area (Å²) in [5.41, 5.74) is 0. The van der Waals surface area contributed by atoms with E-state index >= 15 is 0 Å². The number of hydrogen-bond acceptors (Lipinski definition) is 5. The molecule has 1 aliphatic rings. The first kappa shape index (κ1) is 11.5. The lowest BCUT2D eigenvalue weighted by Crippen LogP contribution is -2.35. The largest absolute Gasteiger partial charge is 0.320 e. The Balaban J connectivity index is 1.97. The average Bonchev–Trinajstić information content (AvgIpc) is 2.85. The standard InChI is InChI=1S/C8H15N5O2S/c1-13-6-10-12-8(13)5-11-16(14,15)7-2-3-9-4-7/h6-7,9,11H,2-5H2,1H3. The van der Waals surface area contributed by atoms with Crippen molar-refractivity contribution in [2.24, 2.45) is 7.05 Å². The molecule has 90 valence electrons. The Labute approximate surface area is 94.3 Å². The van der Waals surface area contributed by atoms with Crippen LogP contribution < -0.4 is 10.0 Å². The van der Waals surface area contributed by atoms with Gasteiger partial charge in [-0.05, 0) is 13.0 Å². The van der Waals surface area contributed by atoms with Gasteiger partial charge in [0.05, 0.1) is 11.8 Å². The minimum Gasteiger partial charge on any atom is -0.320 e. The number of rotatable bonds is 4. The van der Waals surface area contributed by atoms with Crippen LogP contribution in [0.3, 0.4) is 0 Å². The molecule has 1 aromatic heterocycles. The summed E-state index contributed by atoms with van der Waals surface area (Å²) >= 11 is 0. The zero-order valence-electron chi connectivity index (χ0n) is 9.05. The maximum Gasteiger partial charge on any atom is 0.216 e. The summed E-state index contributed by atoms with van der Waals surface area (Å²) in [6.45, 7) is 1.47. The third kappa shape index (κ3) is 2.39. The molecule has 1 aliphatic heterocycles. The third-order valence-corrected chi connectivity index (χ3v) is 4.52. The quantitative estimate of drug-likeness (QED) is 0.681. The van der Waals surface area contributed by atoms with Gasteiger partial charge in [-0.3, -0.25) is 0 Å². The van der Waals surface area contributed by atoms with Crippen LogP contribution in [-0.2, 0) is 23.6 Å². The molecule has 1 aromatic rings. The number of aryl methyl sites for hydroxylation is 1. The van der Waals surface area contributed by atoms with E-state index in [0.717, 1.165) is 6.54 Å². The molecule has 1 fully saturated rings. The molecule has 0 aromatic carbocycles. The Morgan fingerprint density at radius 1 is 1.69 bits per heavy atom. The van der Waals surface area contributed by atoms with Gasteiger partial charge in [0.2, 0.25) is 10.0 Å². The van der Waals surface area contributed by atoms with Crippen molar-refractivity contribution in [1.29, 1.82) is 0 Å².